The first-order chi connectivity index (χ1) is 12.5. The Hall–Kier alpha value is -3.43. The van der Waals surface area contributed by atoms with Crippen molar-refractivity contribution in [1.82, 2.24) is 20.3 Å². The number of hydrogen-bond donors (Lipinski definition) is 1. The zero-order valence-corrected chi connectivity index (χ0v) is 14.4. The standard InChI is InChI=1S/C16H17N5O5/c1-4-13(15(22)17-14-7-9(2)25-19-14)26-21-12-8-10(16(23)24-3)5-6-11(12)18-20-21/h5-8,13H,4H2,1-3H3,(H,17,19,22)/t13-/m1/s1. The number of anilines is 1. The molecule has 0 bridgehead atoms. The molecule has 0 fully saturated rings. The molecule has 0 unspecified atom stereocenters. The molecule has 0 radical (unpaired) electrons. The van der Waals surface area contributed by atoms with Gasteiger partial charge >= 0.3 is 5.97 Å². The van der Waals surface area contributed by atoms with Crippen LogP contribution in [0.3, 0.4) is 0 Å². The van der Waals surface area contributed by atoms with Crippen LogP contribution < -0.4 is 10.2 Å². The molecular formula is C16H17N5O5. The maximum absolute atomic E-state index is 12.4. The summed E-state index contributed by atoms with van der Waals surface area (Å²) in [5, 5.41) is 14.2. The number of carbonyl (C=O) groups excluding carboxylic acids is 2. The van der Waals surface area contributed by atoms with Gasteiger partial charge in [0.25, 0.3) is 5.91 Å². The molecule has 3 rings (SSSR count). The summed E-state index contributed by atoms with van der Waals surface area (Å²) < 4.78 is 9.61. The summed E-state index contributed by atoms with van der Waals surface area (Å²) in [6.45, 7) is 3.51. The first-order valence-electron chi connectivity index (χ1n) is 7.87. The number of hydrogen-bond acceptors (Lipinski definition) is 8. The third-order valence-electron chi connectivity index (χ3n) is 3.61. The van der Waals surface area contributed by atoms with Gasteiger partial charge in [0.15, 0.2) is 5.82 Å². The zero-order valence-electron chi connectivity index (χ0n) is 14.4. The average Bonchev–Trinajstić information content (AvgIpc) is 3.24. The average molecular weight is 359 g/mol. The topological polar surface area (TPSA) is 121 Å². The summed E-state index contributed by atoms with van der Waals surface area (Å²) in [7, 11) is 1.29. The highest BCUT2D eigenvalue weighted by Gasteiger charge is 2.22. The van der Waals surface area contributed by atoms with Crippen LogP contribution in [-0.4, -0.2) is 45.4 Å². The largest absolute Gasteiger partial charge is 0.465 e. The van der Waals surface area contributed by atoms with E-state index in [4.69, 9.17) is 14.1 Å². The monoisotopic (exact) mass is 359 g/mol. The Morgan fingerprint density at radius 1 is 1.35 bits per heavy atom. The second-order valence-corrected chi connectivity index (χ2v) is 5.47. The van der Waals surface area contributed by atoms with Crippen LogP contribution in [0.25, 0.3) is 11.0 Å². The Balaban J connectivity index is 1.81. The third kappa shape index (κ3) is 3.48. The fourth-order valence-corrected chi connectivity index (χ4v) is 2.28. The third-order valence-corrected chi connectivity index (χ3v) is 3.61. The highest BCUT2D eigenvalue weighted by atomic mass is 16.7. The molecule has 0 saturated carbocycles. The van der Waals surface area contributed by atoms with Crippen molar-refractivity contribution in [2.24, 2.45) is 0 Å². The Labute approximate surface area is 148 Å². The van der Waals surface area contributed by atoms with E-state index >= 15 is 0 Å². The lowest BCUT2D eigenvalue weighted by molar-refractivity contribution is -0.128. The van der Waals surface area contributed by atoms with E-state index in [-0.39, 0.29) is 0 Å². The molecule has 0 saturated heterocycles. The minimum Gasteiger partial charge on any atom is -0.465 e. The minimum absolute atomic E-state index is 0.297. The van der Waals surface area contributed by atoms with Gasteiger partial charge in [0.2, 0.25) is 6.10 Å². The molecule has 3 aromatic rings. The van der Waals surface area contributed by atoms with Crippen molar-refractivity contribution < 1.29 is 23.7 Å². The Morgan fingerprint density at radius 2 is 2.15 bits per heavy atom. The van der Waals surface area contributed by atoms with Crippen molar-refractivity contribution in [1.29, 1.82) is 0 Å². The first kappa shape index (κ1) is 17.4. The lowest BCUT2D eigenvalue weighted by atomic mass is 10.2. The number of nitrogens with one attached hydrogen (secondary N) is 1. The number of aromatic nitrogens is 4. The van der Waals surface area contributed by atoms with Gasteiger partial charge in [-0.2, -0.15) is 0 Å². The molecule has 136 valence electrons. The van der Waals surface area contributed by atoms with Crippen molar-refractivity contribution in [2.75, 3.05) is 12.4 Å². The van der Waals surface area contributed by atoms with Gasteiger partial charge in [0, 0.05) is 6.07 Å². The normalized spacial score (nSPS) is 12.0. The van der Waals surface area contributed by atoms with Crippen molar-refractivity contribution in [3.63, 3.8) is 0 Å². The summed E-state index contributed by atoms with van der Waals surface area (Å²) in [5.74, 6) is -0.0303. The van der Waals surface area contributed by atoms with Crippen molar-refractivity contribution >= 4 is 28.7 Å². The van der Waals surface area contributed by atoms with Crippen LogP contribution in [0.2, 0.25) is 0 Å². The Bertz CT molecular complexity index is 948. The van der Waals surface area contributed by atoms with Crippen molar-refractivity contribution in [2.45, 2.75) is 26.4 Å². The van der Waals surface area contributed by atoms with Crippen LogP contribution in [0.5, 0.6) is 0 Å². The highest BCUT2D eigenvalue weighted by Crippen LogP contribution is 2.15. The van der Waals surface area contributed by atoms with E-state index in [2.05, 4.69) is 20.8 Å². The van der Waals surface area contributed by atoms with E-state index in [0.29, 0.717) is 34.6 Å². The van der Waals surface area contributed by atoms with Crippen molar-refractivity contribution in [3.8, 4) is 0 Å². The van der Waals surface area contributed by atoms with Gasteiger partial charge in [-0.3, -0.25) is 4.79 Å². The number of esters is 1. The van der Waals surface area contributed by atoms with Crippen LogP contribution >= 0.6 is 0 Å². The van der Waals surface area contributed by atoms with Crippen LogP contribution in [-0.2, 0) is 9.53 Å². The van der Waals surface area contributed by atoms with E-state index in [9.17, 15) is 9.59 Å². The molecule has 1 atom stereocenters. The number of aryl methyl sites for hydroxylation is 1. The van der Waals surface area contributed by atoms with E-state index < -0.39 is 18.0 Å². The number of benzene rings is 1. The van der Waals surface area contributed by atoms with Crippen LogP contribution in [0, 0.1) is 6.92 Å². The molecule has 0 aliphatic rings. The van der Waals surface area contributed by atoms with Gasteiger partial charge in [0.1, 0.15) is 16.8 Å². The molecule has 2 heterocycles. The summed E-state index contributed by atoms with van der Waals surface area (Å²) in [6, 6.07) is 6.32. The van der Waals surface area contributed by atoms with E-state index in [1.807, 2.05) is 0 Å². The molecule has 1 aromatic carbocycles. The van der Waals surface area contributed by atoms with Crippen LogP contribution in [0.15, 0.2) is 28.8 Å². The molecule has 10 heteroatoms. The molecule has 2 aromatic heterocycles. The smallest absolute Gasteiger partial charge is 0.337 e. The Kier molecular flexibility index (Phi) is 4.83. The molecule has 1 N–H and O–H groups in total. The molecule has 0 aliphatic heterocycles. The fraction of sp³-hybridized carbons (Fsp3) is 0.312. The van der Waals surface area contributed by atoms with Gasteiger partial charge in [-0.15, -0.1) is 5.10 Å². The van der Waals surface area contributed by atoms with Crippen molar-refractivity contribution in [3.05, 3.63) is 35.6 Å². The fourth-order valence-electron chi connectivity index (χ4n) is 2.28. The number of fused-ring (bicyclic) bond motifs is 1. The van der Waals surface area contributed by atoms with E-state index in [1.54, 1.807) is 32.0 Å². The highest BCUT2D eigenvalue weighted by molar-refractivity contribution is 5.94. The molecular weight excluding hydrogens is 342 g/mol. The summed E-state index contributed by atoms with van der Waals surface area (Å²) in [4.78, 5) is 30.8. The van der Waals surface area contributed by atoms with E-state index in [1.165, 1.54) is 13.2 Å². The summed E-state index contributed by atoms with van der Waals surface area (Å²) >= 11 is 0. The van der Waals surface area contributed by atoms with Gasteiger partial charge in [-0.05, 0) is 36.8 Å². The zero-order chi connectivity index (χ0) is 18.7. The number of carbonyl (C=O) groups is 2. The number of methoxy groups -OCH3 is 1. The van der Waals surface area contributed by atoms with E-state index in [0.717, 1.165) is 4.85 Å². The van der Waals surface area contributed by atoms with Crippen LogP contribution in [0.1, 0.15) is 29.5 Å². The first-order valence-corrected chi connectivity index (χ1v) is 7.87. The Morgan fingerprint density at radius 3 is 2.81 bits per heavy atom. The summed E-state index contributed by atoms with van der Waals surface area (Å²) in [6.07, 6.45) is -0.473. The number of rotatable bonds is 6. The van der Waals surface area contributed by atoms with Crippen LogP contribution in [0.4, 0.5) is 5.82 Å². The molecule has 10 nitrogen and oxygen atoms in total. The lowest BCUT2D eigenvalue weighted by Crippen LogP contribution is -2.37. The second-order valence-electron chi connectivity index (χ2n) is 5.47. The van der Waals surface area contributed by atoms with Gasteiger partial charge in [-0.1, -0.05) is 16.9 Å². The maximum atomic E-state index is 12.4. The summed E-state index contributed by atoms with van der Waals surface area (Å²) in [5.41, 5.74) is 1.28. The van der Waals surface area contributed by atoms with Gasteiger partial charge < -0.3 is 19.4 Å². The minimum atomic E-state index is -0.848. The predicted octanol–water partition coefficient (Wildman–Crippen LogP) is 1.36. The molecule has 1 amide bonds. The lowest BCUT2D eigenvalue weighted by Gasteiger charge is -2.15. The molecule has 0 spiro atoms. The number of ether oxygens (including phenoxy) is 1. The molecule has 0 aliphatic carbocycles. The molecule has 26 heavy (non-hydrogen) atoms. The van der Waals surface area contributed by atoms with Gasteiger partial charge in [0.05, 0.1) is 12.7 Å². The van der Waals surface area contributed by atoms with Gasteiger partial charge in [-0.25, -0.2) is 4.79 Å². The SMILES string of the molecule is CC[C@@H](On1nnc2ccc(C(=O)OC)cc21)C(=O)Nc1cc(C)on1. The number of nitrogens with zero attached hydrogens (tertiary/aromatic N) is 4. The predicted molar refractivity (Wildman–Crippen MR) is 89.4 cm³/mol. The maximum Gasteiger partial charge on any atom is 0.337 e. The number of amides is 1. The second kappa shape index (κ2) is 7.21. The quantitative estimate of drug-likeness (QED) is 0.655.